The minimum Gasteiger partial charge on any atom is -0.396 e. The van der Waals surface area contributed by atoms with Crippen molar-refractivity contribution in [3.05, 3.63) is 84.4 Å². The number of para-hydroxylation sites is 2. The number of alkyl halides is 1. The number of halogens is 2. The van der Waals surface area contributed by atoms with Crippen LogP contribution >= 0.6 is 27.5 Å². The van der Waals surface area contributed by atoms with Gasteiger partial charge in [-0.25, -0.2) is 0 Å². The van der Waals surface area contributed by atoms with Crippen LogP contribution in [0, 0.1) is 18.8 Å². The molecule has 3 heterocycles. The standard InChI is InChI=1S/C34H39BrClN3O5/c1-4-17-37(23-14-8-6-9-15-23)31(41)26-27-32(42)39(19-10-7-11-20-40)30(34(27)21-24(35)29(26)44-34)33(43)38(18-5-2)28-22(3)13-12-16-25(28)36/h4-6,8-9,12-16,24,26-27,29-30,40H,1-2,7,10-11,17-21H2,3H3/t24?,26-,27-,29-,30?,34?/m0/s1. The molecule has 44 heavy (non-hydrogen) atoms. The molecule has 3 aliphatic rings. The third kappa shape index (κ3) is 5.53. The average molecular weight is 685 g/mol. The lowest BCUT2D eigenvalue weighted by atomic mass is 9.70. The van der Waals surface area contributed by atoms with E-state index >= 15 is 0 Å². The summed E-state index contributed by atoms with van der Waals surface area (Å²) in [6, 6.07) is 13.8. The molecular weight excluding hydrogens is 646 g/mol. The summed E-state index contributed by atoms with van der Waals surface area (Å²) in [5.41, 5.74) is 0.857. The number of aliphatic hydroxyl groups is 1. The molecule has 2 aromatic carbocycles. The highest BCUT2D eigenvalue weighted by Gasteiger charge is 2.77. The van der Waals surface area contributed by atoms with Crippen LogP contribution in [-0.4, -0.2) is 76.5 Å². The van der Waals surface area contributed by atoms with Gasteiger partial charge in [0.05, 0.1) is 28.6 Å². The summed E-state index contributed by atoms with van der Waals surface area (Å²) in [6.07, 6.45) is 4.98. The van der Waals surface area contributed by atoms with E-state index < -0.39 is 29.6 Å². The number of aryl methyl sites for hydroxylation is 1. The van der Waals surface area contributed by atoms with Gasteiger partial charge >= 0.3 is 0 Å². The fourth-order valence-corrected chi connectivity index (χ4v) is 8.54. The molecule has 5 rings (SSSR count). The molecule has 0 aliphatic carbocycles. The normalized spacial score (nSPS) is 26.9. The Labute approximate surface area is 272 Å². The van der Waals surface area contributed by atoms with E-state index in [2.05, 4.69) is 29.1 Å². The Balaban J connectivity index is 1.59. The largest absolute Gasteiger partial charge is 0.396 e. The number of hydrogen-bond acceptors (Lipinski definition) is 5. The second kappa shape index (κ2) is 13.6. The maximum atomic E-state index is 14.8. The number of hydrogen-bond donors (Lipinski definition) is 1. The predicted molar refractivity (Wildman–Crippen MR) is 176 cm³/mol. The van der Waals surface area contributed by atoms with E-state index in [1.807, 2.05) is 49.4 Å². The van der Waals surface area contributed by atoms with Crippen molar-refractivity contribution in [2.75, 3.05) is 36.0 Å². The van der Waals surface area contributed by atoms with Gasteiger partial charge in [-0.05, 0) is 56.4 Å². The molecule has 0 radical (unpaired) electrons. The first-order valence-electron chi connectivity index (χ1n) is 15.1. The summed E-state index contributed by atoms with van der Waals surface area (Å²) in [5, 5.41) is 9.77. The maximum Gasteiger partial charge on any atom is 0.253 e. The summed E-state index contributed by atoms with van der Waals surface area (Å²) in [6.45, 7) is 10.4. The number of benzene rings is 2. The first-order chi connectivity index (χ1) is 21.2. The van der Waals surface area contributed by atoms with Gasteiger partial charge in [-0.3, -0.25) is 14.4 Å². The Morgan fingerprint density at radius 3 is 2.43 bits per heavy atom. The molecule has 10 heteroatoms. The SMILES string of the molecule is C=CCN(C(=O)[C@H]1[C@H]2C(=O)N(CCCCCO)C(C(=O)N(CC=C)c3c(C)cccc3Cl)C23CC(Br)[C@@H]1O3)c1ccccc1. The van der Waals surface area contributed by atoms with Crippen LogP contribution in [0.5, 0.6) is 0 Å². The van der Waals surface area contributed by atoms with E-state index in [4.69, 9.17) is 16.3 Å². The number of fused-ring (bicyclic) bond motifs is 1. The van der Waals surface area contributed by atoms with Crippen LogP contribution in [0.3, 0.4) is 0 Å². The summed E-state index contributed by atoms with van der Waals surface area (Å²) in [5.74, 6) is -2.45. The molecule has 2 bridgehead atoms. The highest BCUT2D eigenvalue weighted by Crippen LogP contribution is 2.60. The van der Waals surface area contributed by atoms with Crippen molar-refractivity contribution in [3.8, 4) is 0 Å². The van der Waals surface area contributed by atoms with Crippen molar-refractivity contribution in [2.45, 2.75) is 55.2 Å². The van der Waals surface area contributed by atoms with Crippen molar-refractivity contribution in [1.29, 1.82) is 0 Å². The van der Waals surface area contributed by atoms with Crippen LogP contribution in [0.15, 0.2) is 73.8 Å². The molecule has 6 atom stereocenters. The second-order valence-electron chi connectivity index (χ2n) is 11.7. The van der Waals surface area contributed by atoms with Gasteiger partial charge in [0.1, 0.15) is 11.6 Å². The Morgan fingerprint density at radius 2 is 1.77 bits per heavy atom. The summed E-state index contributed by atoms with van der Waals surface area (Å²) in [7, 11) is 0. The third-order valence-corrected chi connectivity index (χ3v) is 10.2. The Kier molecular flexibility index (Phi) is 9.99. The number of aliphatic hydroxyl groups excluding tert-OH is 1. The van der Waals surface area contributed by atoms with E-state index in [0.29, 0.717) is 48.6 Å². The number of amides is 3. The van der Waals surface area contributed by atoms with Gasteiger partial charge in [0.25, 0.3) is 5.91 Å². The van der Waals surface area contributed by atoms with Crippen LogP contribution < -0.4 is 9.80 Å². The van der Waals surface area contributed by atoms with Gasteiger partial charge in [0.15, 0.2) is 0 Å². The first kappa shape index (κ1) is 32.4. The number of likely N-dealkylation sites (tertiary alicyclic amines) is 1. The highest BCUT2D eigenvalue weighted by molar-refractivity contribution is 9.09. The lowest BCUT2D eigenvalue weighted by molar-refractivity contribution is -0.140. The molecule has 3 unspecified atom stereocenters. The summed E-state index contributed by atoms with van der Waals surface area (Å²) in [4.78, 5) is 48.4. The van der Waals surface area contributed by atoms with Crippen LogP contribution in [0.2, 0.25) is 5.02 Å². The number of anilines is 2. The van der Waals surface area contributed by atoms with Crippen molar-refractivity contribution in [1.82, 2.24) is 4.90 Å². The fraction of sp³-hybridized carbons (Fsp3) is 0.441. The smallest absolute Gasteiger partial charge is 0.253 e. The minimum absolute atomic E-state index is 0.0486. The molecule has 8 nitrogen and oxygen atoms in total. The lowest BCUT2D eigenvalue weighted by Crippen LogP contribution is -2.57. The fourth-order valence-electron chi connectivity index (χ4n) is 7.28. The minimum atomic E-state index is -1.21. The summed E-state index contributed by atoms with van der Waals surface area (Å²) >= 11 is 10.4. The topological polar surface area (TPSA) is 90.4 Å². The molecule has 1 spiro atoms. The monoisotopic (exact) mass is 683 g/mol. The van der Waals surface area contributed by atoms with Crippen molar-refractivity contribution in [2.24, 2.45) is 11.8 Å². The molecule has 0 aromatic heterocycles. The van der Waals surface area contributed by atoms with Gasteiger partial charge in [-0.1, -0.05) is 70.0 Å². The van der Waals surface area contributed by atoms with Crippen molar-refractivity contribution >= 4 is 56.6 Å². The van der Waals surface area contributed by atoms with Gasteiger partial charge < -0.3 is 24.5 Å². The second-order valence-corrected chi connectivity index (χ2v) is 13.3. The Morgan fingerprint density at radius 1 is 1.07 bits per heavy atom. The van der Waals surface area contributed by atoms with Crippen LogP contribution in [0.4, 0.5) is 11.4 Å². The lowest BCUT2D eigenvalue weighted by Gasteiger charge is -2.38. The maximum absolute atomic E-state index is 14.8. The molecular formula is C34H39BrClN3O5. The number of carbonyl (C=O) groups is 3. The van der Waals surface area contributed by atoms with E-state index in [9.17, 15) is 19.5 Å². The van der Waals surface area contributed by atoms with Gasteiger partial charge in [-0.15, -0.1) is 13.2 Å². The van der Waals surface area contributed by atoms with Gasteiger partial charge in [-0.2, -0.15) is 0 Å². The molecule has 3 aliphatic heterocycles. The first-order valence-corrected chi connectivity index (χ1v) is 16.4. The third-order valence-electron chi connectivity index (χ3n) is 9.05. The van der Waals surface area contributed by atoms with Crippen molar-refractivity contribution in [3.63, 3.8) is 0 Å². The number of carbonyl (C=O) groups excluding carboxylic acids is 3. The number of unbranched alkanes of at least 4 members (excludes halogenated alkanes) is 2. The van der Waals surface area contributed by atoms with Crippen LogP contribution in [-0.2, 0) is 19.1 Å². The number of nitrogens with zero attached hydrogens (tertiary/aromatic N) is 3. The number of rotatable bonds is 13. The molecule has 2 aromatic rings. The molecule has 3 amide bonds. The Bertz CT molecular complexity index is 1400. The van der Waals surface area contributed by atoms with Crippen LogP contribution in [0.1, 0.15) is 31.2 Å². The zero-order chi connectivity index (χ0) is 31.6. The number of ether oxygens (including phenoxy) is 1. The summed E-state index contributed by atoms with van der Waals surface area (Å²) < 4.78 is 6.75. The molecule has 3 fully saturated rings. The molecule has 234 valence electrons. The van der Waals surface area contributed by atoms with E-state index in [-0.39, 0.29) is 42.2 Å². The Hall–Kier alpha value is -2.98. The zero-order valence-corrected chi connectivity index (χ0v) is 27.3. The zero-order valence-electron chi connectivity index (χ0n) is 24.9. The van der Waals surface area contributed by atoms with Crippen LogP contribution in [0.25, 0.3) is 0 Å². The highest BCUT2D eigenvalue weighted by atomic mass is 79.9. The van der Waals surface area contributed by atoms with E-state index in [1.54, 1.807) is 32.9 Å². The van der Waals surface area contributed by atoms with Gasteiger partial charge in [0, 0.05) is 36.8 Å². The van der Waals surface area contributed by atoms with Gasteiger partial charge in [0.2, 0.25) is 11.8 Å². The quantitative estimate of drug-likeness (QED) is 0.176. The molecule has 1 N–H and O–H groups in total. The predicted octanol–water partition coefficient (Wildman–Crippen LogP) is 5.30. The van der Waals surface area contributed by atoms with E-state index in [0.717, 1.165) is 5.56 Å². The van der Waals surface area contributed by atoms with E-state index in [1.165, 1.54) is 0 Å². The van der Waals surface area contributed by atoms with Crippen molar-refractivity contribution < 1.29 is 24.2 Å². The average Bonchev–Trinajstić information content (AvgIpc) is 3.60. The molecule has 3 saturated heterocycles. The molecule has 0 saturated carbocycles.